The quantitative estimate of drug-likeness (QED) is 0.387. The molecule has 0 aromatic heterocycles. The van der Waals surface area contributed by atoms with Gasteiger partial charge in [-0.25, -0.2) is 0 Å². The van der Waals surface area contributed by atoms with Gasteiger partial charge in [0.25, 0.3) is 0 Å². The van der Waals surface area contributed by atoms with Gasteiger partial charge in [-0.3, -0.25) is 4.90 Å². The Balaban J connectivity index is 0.00000181. The van der Waals surface area contributed by atoms with Crippen LogP contribution in [0.4, 0.5) is 0 Å². The zero-order valence-electron chi connectivity index (χ0n) is 18.1. The van der Waals surface area contributed by atoms with Gasteiger partial charge in [0, 0.05) is 24.2 Å². The molecule has 0 unspecified atom stereocenters. The standard InChI is InChI=1S/C26H29ClN2O.2ClH/c27-24-10-6-23(7-11-24)20-30-26-12-8-21(9-13-26)18-28-25-14-16-29(17-15-25)19-22-4-2-1-3-5-22;;/h1-13,25,28H,14-20H2;2*1H. The molecule has 0 aliphatic carbocycles. The molecule has 6 heteroatoms. The van der Waals surface area contributed by atoms with E-state index in [9.17, 15) is 0 Å². The van der Waals surface area contributed by atoms with Crippen LogP contribution in [0.1, 0.15) is 29.5 Å². The molecule has 0 amide bonds. The van der Waals surface area contributed by atoms with E-state index in [1.165, 1.54) is 24.0 Å². The minimum Gasteiger partial charge on any atom is -0.489 e. The first-order chi connectivity index (χ1) is 14.7. The van der Waals surface area contributed by atoms with E-state index in [0.717, 1.165) is 42.5 Å². The summed E-state index contributed by atoms with van der Waals surface area (Å²) in [6.45, 7) is 4.83. The lowest BCUT2D eigenvalue weighted by atomic mass is 10.0. The molecule has 172 valence electrons. The molecule has 0 spiro atoms. The molecular weight excluding hydrogens is 463 g/mol. The SMILES string of the molecule is Cl.Cl.Clc1ccc(COc2ccc(CNC3CCN(Cc4ccccc4)CC3)cc2)cc1. The Bertz CT molecular complexity index is 897. The summed E-state index contributed by atoms with van der Waals surface area (Å²) in [5.74, 6) is 0.892. The maximum Gasteiger partial charge on any atom is 0.119 e. The fraction of sp³-hybridized carbons (Fsp3) is 0.308. The van der Waals surface area contributed by atoms with Crippen molar-refractivity contribution in [3.05, 3.63) is 101 Å². The molecule has 0 saturated carbocycles. The van der Waals surface area contributed by atoms with E-state index in [-0.39, 0.29) is 24.8 Å². The fourth-order valence-electron chi connectivity index (χ4n) is 3.85. The van der Waals surface area contributed by atoms with Crippen LogP contribution in [-0.2, 0) is 19.7 Å². The van der Waals surface area contributed by atoms with Crippen molar-refractivity contribution in [2.45, 2.75) is 38.6 Å². The van der Waals surface area contributed by atoms with E-state index in [4.69, 9.17) is 16.3 Å². The van der Waals surface area contributed by atoms with E-state index in [0.29, 0.717) is 12.6 Å². The first kappa shape index (κ1) is 26.5. The predicted octanol–water partition coefficient (Wildman–Crippen LogP) is 6.52. The Morgan fingerprint density at radius 3 is 2.06 bits per heavy atom. The molecule has 32 heavy (non-hydrogen) atoms. The van der Waals surface area contributed by atoms with Gasteiger partial charge in [-0.05, 0) is 66.9 Å². The third-order valence-corrected chi connectivity index (χ3v) is 5.93. The molecule has 1 aliphatic heterocycles. The summed E-state index contributed by atoms with van der Waals surface area (Å²) >= 11 is 5.92. The summed E-state index contributed by atoms with van der Waals surface area (Å²) in [7, 11) is 0. The lowest BCUT2D eigenvalue weighted by molar-refractivity contribution is 0.190. The predicted molar refractivity (Wildman–Crippen MR) is 138 cm³/mol. The second kappa shape index (κ2) is 13.7. The molecule has 4 rings (SSSR count). The van der Waals surface area contributed by atoms with Crippen LogP contribution >= 0.6 is 36.4 Å². The van der Waals surface area contributed by atoms with Gasteiger partial charge in [-0.1, -0.05) is 66.2 Å². The molecule has 1 N–H and O–H groups in total. The van der Waals surface area contributed by atoms with E-state index in [2.05, 4.69) is 64.8 Å². The highest BCUT2D eigenvalue weighted by molar-refractivity contribution is 6.30. The maximum absolute atomic E-state index is 5.92. The minimum absolute atomic E-state index is 0. The molecule has 0 atom stereocenters. The average molecular weight is 494 g/mol. The number of benzene rings is 3. The van der Waals surface area contributed by atoms with Crippen LogP contribution in [0, 0.1) is 0 Å². The Kier molecular flexibility index (Phi) is 11.4. The molecule has 1 saturated heterocycles. The molecular formula is C26H31Cl3N2O. The van der Waals surface area contributed by atoms with Crippen molar-refractivity contribution < 1.29 is 4.74 Å². The normalized spacial score (nSPS) is 14.3. The third-order valence-electron chi connectivity index (χ3n) is 5.67. The van der Waals surface area contributed by atoms with Crippen molar-refractivity contribution in [3.63, 3.8) is 0 Å². The summed E-state index contributed by atoms with van der Waals surface area (Å²) in [5, 5.41) is 4.47. The summed E-state index contributed by atoms with van der Waals surface area (Å²) in [4.78, 5) is 2.56. The highest BCUT2D eigenvalue weighted by Gasteiger charge is 2.18. The van der Waals surface area contributed by atoms with E-state index < -0.39 is 0 Å². The second-order valence-electron chi connectivity index (χ2n) is 7.98. The molecule has 1 fully saturated rings. The van der Waals surface area contributed by atoms with Gasteiger partial charge in [0.05, 0.1) is 0 Å². The molecule has 1 aliphatic rings. The van der Waals surface area contributed by atoms with E-state index in [1.807, 2.05) is 24.3 Å². The Morgan fingerprint density at radius 1 is 0.781 bits per heavy atom. The van der Waals surface area contributed by atoms with E-state index in [1.54, 1.807) is 0 Å². The smallest absolute Gasteiger partial charge is 0.119 e. The number of ether oxygens (including phenoxy) is 1. The van der Waals surface area contributed by atoms with Crippen LogP contribution in [0.15, 0.2) is 78.9 Å². The molecule has 0 bridgehead atoms. The van der Waals surface area contributed by atoms with Crippen molar-refractivity contribution in [1.29, 1.82) is 0 Å². The minimum atomic E-state index is 0. The highest BCUT2D eigenvalue weighted by atomic mass is 35.5. The van der Waals surface area contributed by atoms with Crippen LogP contribution < -0.4 is 10.1 Å². The first-order valence-corrected chi connectivity index (χ1v) is 11.1. The van der Waals surface area contributed by atoms with E-state index >= 15 is 0 Å². The van der Waals surface area contributed by atoms with Gasteiger partial charge in [-0.2, -0.15) is 0 Å². The molecule has 0 radical (unpaired) electrons. The van der Waals surface area contributed by atoms with Gasteiger partial charge < -0.3 is 10.1 Å². The van der Waals surface area contributed by atoms with Crippen molar-refractivity contribution in [3.8, 4) is 5.75 Å². The highest BCUT2D eigenvalue weighted by Crippen LogP contribution is 2.17. The van der Waals surface area contributed by atoms with Crippen LogP contribution in [0.5, 0.6) is 5.75 Å². The van der Waals surface area contributed by atoms with Crippen LogP contribution in [-0.4, -0.2) is 24.0 Å². The zero-order valence-corrected chi connectivity index (χ0v) is 20.5. The van der Waals surface area contributed by atoms with Gasteiger partial charge >= 0.3 is 0 Å². The summed E-state index contributed by atoms with van der Waals surface area (Å²) in [5.41, 5.74) is 3.81. The number of nitrogens with zero attached hydrogens (tertiary/aromatic N) is 1. The Morgan fingerprint density at radius 2 is 1.41 bits per heavy atom. The molecule has 3 nitrogen and oxygen atoms in total. The number of nitrogens with one attached hydrogen (secondary N) is 1. The summed E-state index contributed by atoms with van der Waals surface area (Å²) in [6.07, 6.45) is 2.41. The van der Waals surface area contributed by atoms with Crippen molar-refractivity contribution >= 4 is 36.4 Å². The summed E-state index contributed by atoms with van der Waals surface area (Å²) < 4.78 is 5.87. The van der Waals surface area contributed by atoms with Gasteiger partial charge in [0.1, 0.15) is 12.4 Å². The van der Waals surface area contributed by atoms with Crippen LogP contribution in [0.3, 0.4) is 0 Å². The number of piperidine rings is 1. The monoisotopic (exact) mass is 492 g/mol. The first-order valence-electron chi connectivity index (χ1n) is 10.7. The Hall–Kier alpha value is -1.75. The lowest BCUT2D eigenvalue weighted by Crippen LogP contribution is -2.41. The number of hydrogen-bond donors (Lipinski definition) is 1. The van der Waals surface area contributed by atoms with Crippen molar-refractivity contribution in [1.82, 2.24) is 10.2 Å². The molecule has 1 heterocycles. The number of likely N-dealkylation sites (tertiary alicyclic amines) is 1. The van der Waals surface area contributed by atoms with Gasteiger partial charge in [0.15, 0.2) is 0 Å². The topological polar surface area (TPSA) is 24.5 Å². The number of halogens is 3. The van der Waals surface area contributed by atoms with Gasteiger partial charge in [-0.15, -0.1) is 24.8 Å². The Labute approximate surface area is 208 Å². The maximum atomic E-state index is 5.92. The molecule has 3 aromatic rings. The second-order valence-corrected chi connectivity index (χ2v) is 8.41. The van der Waals surface area contributed by atoms with Crippen molar-refractivity contribution in [2.75, 3.05) is 13.1 Å². The van der Waals surface area contributed by atoms with Crippen LogP contribution in [0.2, 0.25) is 5.02 Å². The van der Waals surface area contributed by atoms with Crippen LogP contribution in [0.25, 0.3) is 0 Å². The zero-order chi connectivity index (χ0) is 20.6. The molecule has 3 aromatic carbocycles. The van der Waals surface area contributed by atoms with Gasteiger partial charge in [0.2, 0.25) is 0 Å². The number of hydrogen-bond acceptors (Lipinski definition) is 3. The summed E-state index contributed by atoms with van der Waals surface area (Å²) in [6, 6.07) is 27.5. The largest absolute Gasteiger partial charge is 0.489 e. The third kappa shape index (κ3) is 8.31. The average Bonchev–Trinajstić information content (AvgIpc) is 2.80. The van der Waals surface area contributed by atoms with Crippen molar-refractivity contribution in [2.24, 2.45) is 0 Å². The lowest BCUT2D eigenvalue weighted by Gasteiger charge is -2.32. The fourth-order valence-corrected chi connectivity index (χ4v) is 3.98. The number of rotatable bonds is 8.